The van der Waals surface area contributed by atoms with Gasteiger partial charge in [0, 0.05) is 43.1 Å². The number of fused-ring (bicyclic) bond motifs is 3. The molecule has 3 aromatic heterocycles. The zero-order valence-corrected chi connectivity index (χ0v) is 18.1. The summed E-state index contributed by atoms with van der Waals surface area (Å²) in [5.41, 5.74) is -2.22. The van der Waals surface area contributed by atoms with E-state index in [1.54, 1.807) is 27.3 Å². The Balaban J connectivity index is 1.82. The number of rotatable bonds is 4. The lowest BCUT2D eigenvalue weighted by molar-refractivity contribution is -0.0964. The molecule has 3 heterocycles. The molecule has 0 saturated heterocycles. The summed E-state index contributed by atoms with van der Waals surface area (Å²) < 4.78 is 36.1. The number of aryl methyl sites for hydroxylation is 1. The zero-order valence-electron chi connectivity index (χ0n) is 17.4. The Kier molecular flexibility index (Phi) is 4.64. The SMILES string of the molecule is Cn1c(=O)c2c(nc3n(-c4ccc(OC(F)(F)Cl)cc4)c(-c4ccccc4)cn23)n(C)c1=O. The second kappa shape index (κ2) is 7.31. The van der Waals surface area contributed by atoms with Gasteiger partial charge in [0.2, 0.25) is 5.78 Å². The van der Waals surface area contributed by atoms with Gasteiger partial charge in [0.15, 0.2) is 11.2 Å². The fourth-order valence-corrected chi connectivity index (χ4v) is 3.92. The normalized spacial score (nSPS) is 12.0. The second-order valence-electron chi connectivity index (χ2n) is 7.42. The van der Waals surface area contributed by atoms with Gasteiger partial charge in [-0.15, -0.1) is 8.78 Å². The summed E-state index contributed by atoms with van der Waals surface area (Å²) in [7, 11) is 2.95. The van der Waals surface area contributed by atoms with E-state index < -0.39 is 16.8 Å². The molecule has 5 rings (SSSR count). The van der Waals surface area contributed by atoms with E-state index in [-0.39, 0.29) is 16.9 Å². The third-order valence-electron chi connectivity index (χ3n) is 5.36. The van der Waals surface area contributed by atoms with Crippen molar-refractivity contribution >= 4 is 28.5 Å². The molecule has 0 atom stereocenters. The number of benzene rings is 2. The third kappa shape index (κ3) is 3.39. The first-order chi connectivity index (χ1) is 15.7. The number of aromatic nitrogens is 5. The summed E-state index contributed by atoms with van der Waals surface area (Å²) >= 11 is 4.86. The lowest BCUT2D eigenvalue weighted by Crippen LogP contribution is -2.37. The first kappa shape index (κ1) is 21.0. The van der Waals surface area contributed by atoms with Gasteiger partial charge in [-0.3, -0.25) is 22.9 Å². The molecule has 5 aromatic rings. The van der Waals surface area contributed by atoms with Crippen molar-refractivity contribution in [2.24, 2.45) is 14.1 Å². The molecule has 0 spiro atoms. The Hall–Kier alpha value is -3.92. The number of ether oxygens (including phenoxy) is 1. The maximum Gasteiger partial charge on any atom is 0.487 e. The lowest BCUT2D eigenvalue weighted by atomic mass is 10.1. The van der Waals surface area contributed by atoms with Crippen molar-refractivity contribution in [1.82, 2.24) is 23.1 Å². The molecule has 2 aromatic carbocycles. The van der Waals surface area contributed by atoms with Gasteiger partial charge in [0.1, 0.15) is 5.75 Å². The van der Waals surface area contributed by atoms with Gasteiger partial charge >= 0.3 is 11.3 Å². The van der Waals surface area contributed by atoms with Crippen molar-refractivity contribution in [3.8, 4) is 22.7 Å². The van der Waals surface area contributed by atoms with Gasteiger partial charge < -0.3 is 4.74 Å². The molecular formula is C22H16ClF2N5O3. The van der Waals surface area contributed by atoms with Crippen LogP contribution < -0.4 is 16.0 Å². The number of hydrogen-bond donors (Lipinski definition) is 0. The van der Waals surface area contributed by atoms with Crippen LogP contribution in [-0.2, 0) is 14.1 Å². The van der Waals surface area contributed by atoms with Crippen LogP contribution in [0.5, 0.6) is 5.75 Å². The summed E-state index contributed by atoms with van der Waals surface area (Å²) in [6.07, 6.45) is 1.75. The maximum atomic E-state index is 13.0. The Morgan fingerprint density at radius 3 is 2.27 bits per heavy atom. The van der Waals surface area contributed by atoms with Gasteiger partial charge in [-0.1, -0.05) is 30.3 Å². The van der Waals surface area contributed by atoms with Crippen molar-refractivity contribution in [3.05, 3.63) is 81.6 Å². The summed E-state index contributed by atoms with van der Waals surface area (Å²) in [6, 6.07) is 15.3. The van der Waals surface area contributed by atoms with Gasteiger partial charge in [0.05, 0.1) is 5.69 Å². The van der Waals surface area contributed by atoms with Crippen LogP contribution >= 0.6 is 11.6 Å². The van der Waals surface area contributed by atoms with E-state index in [0.29, 0.717) is 17.2 Å². The van der Waals surface area contributed by atoms with E-state index in [4.69, 9.17) is 11.6 Å². The lowest BCUT2D eigenvalue weighted by Gasteiger charge is -2.12. The van der Waals surface area contributed by atoms with E-state index in [1.165, 1.54) is 30.8 Å². The highest BCUT2D eigenvalue weighted by atomic mass is 35.5. The predicted molar refractivity (Wildman–Crippen MR) is 119 cm³/mol. The van der Waals surface area contributed by atoms with Crippen LogP contribution in [0.25, 0.3) is 33.9 Å². The van der Waals surface area contributed by atoms with Crippen molar-refractivity contribution < 1.29 is 13.5 Å². The summed E-state index contributed by atoms with van der Waals surface area (Å²) in [5, 5.41) is 0. The van der Waals surface area contributed by atoms with E-state index in [1.807, 2.05) is 30.3 Å². The molecule has 0 aliphatic rings. The van der Waals surface area contributed by atoms with Crippen molar-refractivity contribution in [3.63, 3.8) is 0 Å². The van der Waals surface area contributed by atoms with Crippen LogP contribution in [-0.4, -0.2) is 28.7 Å². The largest absolute Gasteiger partial charge is 0.487 e. The highest BCUT2D eigenvalue weighted by Gasteiger charge is 2.27. The Morgan fingerprint density at radius 1 is 0.970 bits per heavy atom. The average Bonchev–Trinajstić information content (AvgIpc) is 3.33. The van der Waals surface area contributed by atoms with E-state index in [0.717, 1.165) is 10.1 Å². The molecule has 0 fully saturated rings. The van der Waals surface area contributed by atoms with Crippen LogP contribution in [0.2, 0.25) is 0 Å². The van der Waals surface area contributed by atoms with Crippen LogP contribution in [0.4, 0.5) is 8.78 Å². The monoisotopic (exact) mass is 471 g/mol. The fourth-order valence-electron chi connectivity index (χ4n) is 3.83. The quantitative estimate of drug-likeness (QED) is 0.376. The molecule has 0 aliphatic carbocycles. The van der Waals surface area contributed by atoms with Gasteiger partial charge in [-0.05, 0) is 24.3 Å². The number of nitrogens with zero attached hydrogens (tertiary/aromatic N) is 5. The minimum Gasteiger partial charge on any atom is -0.420 e. The maximum absolute atomic E-state index is 13.0. The first-order valence-corrected chi connectivity index (χ1v) is 10.1. The number of alkyl halides is 3. The molecule has 0 unspecified atom stereocenters. The predicted octanol–water partition coefficient (Wildman–Crippen LogP) is 3.51. The Labute approximate surface area is 189 Å². The summed E-state index contributed by atoms with van der Waals surface area (Å²) in [5.74, 6) is 0.256. The third-order valence-corrected chi connectivity index (χ3v) is 5.44. The minimum absolute atomic E-state index is 0.118. The van der Waals surface area contributed by atoms with E-state index in [2.05, 4.69) is 9.72 Å². The zero-order chi connectivity index (χ0) is 23.5. The van der Waals surface area contributed by atoms with Crippen molar-refractivity contribution in [2.75, 3.05) is 0 Å². The minimum atomic E-state index is -3.83. The van der Waals surface area contributed by atoms with Crippen LogP contribution in [0.3, 0.4) is 0 Å². The summed E-state index contributed by atoms with van der Waals surface area (Å²) in [6.45, 7) is 0. The van der Waals surface area contributed by atoms with Crippen LogP contribution in [0.15, 0.2) is 70.4 Å². The standard InChI is InChI=1S/C22H16ClF2N5O3/c1-27-18-17(19(31)28(2)21(27)32)29-12-16(13-6-4-3-5-7-13)30(20(29)26-18)14-8-10-15(11-9-14)33-22(23,24)25/h3-12H,1-2H3. The van der Waals surface area contributed by atoms with Crippen LogP contribution in [0, 0.1) is 0 Å². The number of halogens is 3. The fraction of sp³-hybridized carbons (Fsp3) is 0.136. The molecule has 8 nitrogen and oxygen atoms in total. The molecular weight excluding hydrogens is 456 g/mol. The topological polar surface area (TPSA) is 75.5 Å². The van der Waals surface area contributed by atoms with Crippen LogP contribution in [0.1, 0.15) is 0 Å². The Bertz CT molecular complexity index is 1630. The van der Waals surface area contributed by atoms with E-state index in [9.17, 15) is 18.4 Å². The molecule has 168 valence electrons. The first-order valence-electron chi connectivity index (χ1n) is 9.77. The van der Waals surface area contributed by atoms with E-state index >= 15 is 0 Å². The molecule has 0 bridgehead atoms. The molecule has 0 N–H and O–H groups in total. The Morgan fingerprint density at radius 2 is 1.64 bits per heavy atom. The van der Waals surface area contributed by atoms with Gasteiger partial charge in [0.25, 0.3) is 5.56 Å². The smallest absolute Gasteiger partial charge is 0.420 e. The number of imidazole rings is 2. The van der Waals surface area contributed by atoms with Crippen molar-refractivity contribution in [1.29, 1.82) is 0 Å². The van der Waals surface area contributed by atoms with Crippen molar-refractivity contribution in [2.45, 2.75) is 5.57 Å². The second-order valence-corrected chi connectivity index (χ2v) is 7.86. The highest BCUT2D eigenvalue weighted by Crippen LogP contribution is 2.31. The number of hydrogen-bond acceptors (Lipinski definition) is 4. The summed E-state index contributed by atoms with van der Waals surface area (Å²) in [4.78, 5) is 29.9. The van der Waals surface area contributed by atoms with Gasteiger partial charge in [-0.2, -0.15) is 4.98 Å². The molecule has 0 aliphatic heterocycles. The molecule has 11 heteroatoms. The highest BCUT2D eigenvalue weighted by molar-refractivity contribution is 6.20. The molecule has 0 radical (unpaired) electrons. The average molecular weight is 472 g/mol. The molecule has 33 heavy (non-hydrogen) atoms. The molecule has 0 saturated carbocycles. The van der Waals surface area contributed by atoms with Gasteiger partial charge in [-0.25, -0.2) is 4.79 Å². The molecule has 0 amide bonds.